The van der Waals surface area contributed by atoms with Gasteiger partial charge in [-0.2, -0.15) is 0 Å². The first-order valence-electron chi connectivity index (χ1n) is 8.71. The molecule has 0 spiro atoms. The molecule has 0 radical (unpaired) electrons. The number of sulfonamides is 1. The summed E-state index contributed by atoms with van der Waals surface area (Å²) in [5.41, 5.74) is 1.39. The van der Waals surface area contributed by atoms with Crippen molar-refractivity contribution in [2.75, 3.05) is 19.3 Å². The number of aromatic nitrogens is 1. The Labute approximate surface area is 163 Å². The van der Waals surface area contributed by atoms with Crippen LogP contribution < -0.4 is 10.1 Å². The minimum atomic E-state index is -3.16. The van der Waals surface area contributed by atoms with Crippen LogP contribution in [-0.4, -0.2) is 49.0 Å². The molecule has 0 unspecified atom stereocenters. The maximum absolute atomic E-state index is 12.5. The van der Waals surface area contributed by atoms with E-state index in [2.05, 4.69) is 10.3 Å². The molecule has 27 heavy (non-hydrogen) atoms. The van der Waals surface area contributed by atoms with Gasteiger partial charge < -0.3 is 10.1 Å². The standard InChI is InChI=1S/C18H23N3O4S2/c1-13-19-16(12-26-13)11-25-17-5-3-4-14(10-17)18(22)20-15-6-8-21(9-7-15)27(2,23)24/h3-5,10,12,15H,6-9,11H2,1-2H3,(H,20,22). The Bertz CT molecular complexity index is 903. The molecule has 1 fully saturated rings. The van der Waals surface area contributed by atoms with Crippen molar-refractivity contribution in [3.05, 3.63) is 45.9 Å². The molecule has 7 nitrogen and oxygen atoms in total. The van der Waals surface area contributed by atoms with E-state index in [1.165, 1.54) is 10.6 Å². The smallest absolute Gasteiger partial charge is 0.251 e. The second-order valence-electron chi connectivity index (χ2n) is 6.58. The predicted molar refractivity (Wildman–Crippen MR) is 105 cm³/mol. The molecule has 1 aliphatic heterocycles. The zero-order chi connectivity index (χ0) is 19.4. The lowest BCUT2D eigenvalue weighted by Crippen LogP contribution is -2.46. The number of hydrogen-bond donors (Lipinski definition) is 1. The summed E-state index contributed by atoms with van der Waals surface area (Å²) >= 11 is 1.57. The van der Waals surface area contributed by atoms with E-state index < -0.39 is 10.0 Å². The van der Waals surface area contributed by atoms with Crippen molar-refractivity contribution in [3.8, 4) is 5.75 Å². The second-order valence-corrected chi connectivity index (χ2v) is 9.63. The van der Waals surface area contributed by atoms with Gasteiger partial charge in [0.05, 0.1) is 17.0 Å². The van der Waals surface area contributed by atoms with Crippen molar-refractivity contribution in [1.82, 2.24) is 14.6 Å². The molecule has 146 valence electrons. The number of amides is 1. The Morgan fingerprint density at radius 3 is 2.74 bits per heavy atom. The summed E-state index contributed by atoms with van der Waals surface area (Å²) in [6.07, 6.45) is 2.43. The Hall–Kier alpha value is -1.97. The molecule has 1 aliphatic rings. The number of benzene rings is 1. The number of rotatable bonds is 6. The van der Waals surface area contributed by atoms with Gasteiger partial charge in [-0.05, 0) is 38.0 Å². The number of piperidine rings is 1. The molecule has 1 aromatic carbocycles. The molecule has 0 bridgehead atoms. The fraction of sp³-hybridized carbons (Fsp3) is 0.444. The molecule has 1 saturated heterocycles. The second kappa shape index (κ2) is 8.37. The van der Waals surface area contributed by atoms with Gasteiger partial charge in [-0.15, -0.1) is 11.3 Å². The molecular formula is C18H23N3O4S2. The molecule has 1 aromatic heterocycles. The van der Waals surface area contributed by atoms with Crippen LogP contribution in [0.5, 0.6) is 5.75 Å². The Morgan fingerprint density at radius 2 is 2.11 bits per heavy atom. The lowest BCUT2D eigenvalue weighted by atomic mass is 10.1. The first kappa shape index (κ1) is 19.8. The molecule has 3 rings (SSSR count). The summed E-state index contributed by atoms with van der Waals surface area (Å²) in [5, 5.41) is 5.93. The van der Waals surface area contributed by atoms with Crippen molar-refractivity contribution in [2.24, 2.45) is 0 Å². The van der Waals surface area contributed by atoms with Gasteiger partial charge in [0.25, 0.3) is 5.91 Å². The third kappa shape index (κ3) is 5.50. The highest BCUT2D eigenvalue weighted by Gasteiger charge is 2.26. The van der Waals surface area contributed by atoms with Crippen molar-refractivity contribution in [3.63, 3.8) is 0 Å². The van der Waals surface area contributed by atoms with Gasteiger partial charge >= 0.3 is 0 Å². The van der Waals surface area contributed by atoms with E-state index in [0.717, 1.165) is 10.7 Å². The molecule has 0 atom stereocenters. The van der Waals surface area contributed by atoms with Crippen molar-refractivity contribution < 1.29 is 17.9 Å². The quantitative estimate of drug-likeness (QED) is 0.790. The molecule has 0 saturated carbocycles. The minimum Gasteiger partial charge on any atom is -0.487 e. The van der Waals surface area contributed by atoms with Gasteiger partial charge in [-0.1, -0.05) is 6.07 Å². The topological polar surface area (TPSA) is 88.6 Å². The lowest BCUT2D eigenvalue weighted by Gasteiger charge is -2.30. The van der Waals surface area contributed by atoms with Crippen LogP contribution >= 0.6 is 11.3 Å². The first-order valence-corrected chi connectivity index (χ1v) is 11.4. The number of carbonyl (C=O) groups is 1. The number of ether oxygens (including phenoxy) is 1. The molecule has 2 aromatic rings. The van der Waals surface area contributed by atoms with E-state index in [-0.39, 0.29) is 11.9 Å². The fourth-order valence-corrected chi connectivity index (χ4v) is 4.43. The lowest BCUT2D eigenvalue weighted by molar-refractivity contribution is 0.0923. The zero-order valence-electron chi connectivity index (χ0n) is 15.3. The van der Waals surface area contributed by atoms with Gasteiger partial charge in [0.2, 0.25) is 10.0 Å². The van der Waals surface area contributed by atoms with Gasteiger partial charge in [0, 0.05) is 30.1 Å². The normalized spacial score (nSPS) is 16.2. The van der Waals surface area contributed by atoms with E-state index in [9.17, 15) is 13.2 Å². The van der Waals surface area contributed by atoms with Crippen LogP contribution in [0.2, 0.25) is 0 Å². The molecule has 0 aliphatic carbocycles. The summed E-state index contributed by atoms with van der Waals surface area (Å²) in [4.78, 5) is 16.9. The highest BCUT2D eigenvalue weighted by Crippen LogP contribution is 2.18. The van der Waals surface area contributed by atoms with Crippen LogP contribution in [0.1, 0.15) is 33.9 Å². The number of thiazole rings is 1. The van der Waals surface area contributed by atoms with E-state index >= 15 is 0 Å². The van der Waals surface area contributed by atoms with Gasteiger partial charge in [0.1, 0.15) is 12.4 Å². The Balaban J connectivity index is 1.54. The number of nitrogens with one attached hydrogen (secondary N) is 1. The Morgan fingerprint density at radius 1 is 1.37 bits per heavy atom. The third-order valence-electron chi connectivity index (χ3n) is 4.41. The van der Waals surface area contributed by atoms with Crippen molar-refractivity contribution in [1.29, 1.82) is 0 Å². The number of hydrogen-bond acceptors (Lipinski definition) is 6. The first-order chi connectivity index (χ1) is 12.8. The van der Waals surface area contributed by atoms with Crippen LogP contribution in [0, 0.1) is 6.92 Å². The average Bonchev–Trinajstić information content (AvgIpc) is 3.05. The predicted octanol–water partition coefficient (Wildman–Crippen LogP) is 2.18. The minimum absolute atomic E-state index is 0.0296. The Kier molecular flexibility index (Phi) is 6.13. The number of aryl methyl sites for hydroxylation is 1. The van der Waals surface area contributed by atoms with Gasteiger partial charge in [-0.25, -0.2) is 17.7 Å². The van der Waals surface area contributed by atoms with Crippen LogP contribution in [0.25, 0.3) is 0 Å². The highest BCUT2D eigenvalue weighted by atomic mass is 32.2. The summed E-state index contributed by atoms with van der Waals surface area (Å²) in [6, 6.07) is 7.00. The molecule has 1 amide bonds. The maximum atomic E-state index is 12.5. The summed E-state index contributed by atoms with van der Waals surface area (Å²) in [5.74, 6) is 0.433. The monoisotopic (exact) mass is 409 g/mol. The van der Waals surface area contributed by atoms with Gasteiger partial charge in [-0.3, -0.25) is 4.79 Å². The molecule has 1 N–H and O–H groups in total. The summed E-state index contributed by atoms with van der Waals surface area (Å²) in [6.45, 7) is 3.17. The summed E-state index contributed by atoms with van der Waals surface area (Å²) in [7, 11) is -3.16. The van der Waals surface area contributed by atoms with Gasteiger partial charge in [0.15, 0.2) is 0 Å². The van der Waals surface area contributed by atoms with E-state index in [0.29, 0.717) is 43.9 Å². The maximum Gasteiger partial charge on any atom is 0.251 e. The van der Waals surface area contributed by atoms with Crippen LogP contribution in [0.3, 0.4) is 0 Å². The van der Waals surface area contributed by atoms with E-state index in [1.807, 2.05) is 12.3 Å². The zero-order valence-corrected chi connectivity index (χ0v) is 17.0. The molecule has 9 heteroatoms. The highest BCUT2D eigenvalue weighted by molar-refractivity contribution is 7.88. The summed E-state index contributed by atoms with van der Waals surface area (Å²) < 4.78 is 30.3. The molecule has 2 heterocycles. The van der Waals surface area contributed by atoms with E-state index in [4.69, 9.17) is 4.74 Å². The van der Waals surface area contributed by atoms with Crippen LogP contribution in [-0.2, 0) is 16.6 Å². The number of nitrogens with zero attached hydrogens (tertiary/aromatic N) is 2. The largest absolute Gasteiger partial charge is 0.487 e. The average molecular weight is 410 g/mol. The van der Waals surface area contributed by atoms with Crippen molar-refractivity contribution in [2.45, 2.75) is 32.4 Å². The number of carbonyl (C=O) groups excluding carboxylic acids is 1. The van der Waals surface area contributed by atoms with E-state index in [1.54, 1.807) is 35.6 Å². The molecular weight excluding hydrogens is 386 g/mol. The third-order valence-corrected chi connectivity index (χ3v) is 6.53. The SMILES string of the molecule is Cc1nc(COc2cccc(C(=O)NC3CCN(S(C)(=O)=O)CC3)c2)cs1. The van der Waals surface area contributed by atoms with Crippen LogP contribution in [0.4, 0.5) is 0 Å². The van der Waals surface area contributed by atoms with Crippen molar-refractivity contribution >= 4 is 27.3 Å². The fourth-order valence-electron chi connectivity index (χ4n) is 2.96. The van der Waals surface area contributed by atoms with Crippen LogP contribution in [0.15, 0.2) is 29.6 Å².